The maximum absolute atomic E-state index is 11.6. The van der Waals surface area contributed by atoms with E-state index < -0.39 is 0 Å². The summed E-state index contributed by atoms with van der Waals surface area (Å²) in [6, 6.07) is 5.62. The van der Waals surface area contributed by atoms with E-state index in [-0.39, 0.29) is 17.7 Å². The van der Waals surface area contributed by atoms with Gasteiger partial charge in [0, 0.05) is 60.9 Å². The van der Waals surface area contributed by atoms with E-state index in [9.17, 15) is 4.79 Å². The highest BCUT2D eigenvalue weighted by Crippen LogP contribution is 2.35. The van der Waals surface area contributed by atoms with Gasteiger partial charge in [-0.3, -0.25) is 10.1 Å². The number of H-pyrrole nitrogens is 1. The molecule has 1 unspecified atom stereocenters. The second-order valence-corrected chi connectivity index (χ2v) is 10.2. The lowest BCUT2D eigenvalue weighted by Crippen LogP contribution is -2.52. The van der Waals surface area contributed by atoms with Crippen molar-refractivity contribution < 1.29 is 9.53 Å². The fourth-order valence-corrected chi connectivity index (χ4v) is 5.65. The lowest BCUT2D eigenvalue weighted by Gasteiger charge is -2.38. The third-order valence-electron chi connectivity index (χ3n) is 7.03. The number of rotatable bonds is 5. The van der Waals surface area contributed by atoms with Gasteiger partial charge < -0.3 is 20.3 Å². The van der Waals surface area contributed by atoms with Crippen LogP contribution in [0.3, 0.4) is 0 Å². The van der Waals surface area contributed by atoms with E-state index in [1.54, 1.807) is 24.8 Å². The normalized spacial score (nSPS) is 17.6. The number of fused-ring (bicyclic) bond motifs is 1. The van der Waals surface area contributed by atoms with Crippen molar-refractivity contribution in [3.63, 3.8) is 0 Å². The SMILES string of the molecule is CC(Oc1ccc2[nH]nc(-c3cnc(N4CCC5(CC4)CNC(=O)N5)nc3)c2c1)c1c(Cl)cncc1Cl. The number of carbonyl (C=O) groups excluding carboxylic acids is 1. The van der Waals surface area contributed by atoms with Gasteiger partial charge >= 0.3 is 6.03 Å². The summed E-state index contributed by atoms with van der Waals surface area (Å²) < 4.78 is 6.17. The average molecular weight is 539 g/mol. The third kappa shape index (κ3) is 4.51. The van der Waals surface area contributed by atoms with Gasteiger partial charge in [0.15, 0.2) is 0 Å². The molecule has 0 bridgehead atoms. The van der Waals surface area contributed by atoms with Gasteiger partial charge in [0.1, 0.15) is 17.5 Å². The molecule has 12 heteroatoms. The van der Waals surface area contributed by atoms with Crippen molar-refractivity contribution in [1.29, 1.82) is 0 Å². The van der Waals surface area contributed by atoms with Crippen LogP contribution in [0.15, 0.2) is 43.0 Å². The Hall–Kier alpha value is -3.63. The maximum atomic E-state index is 11.6. The van der Waals surface area contributed by atoms with E-state index in [1.165, 1.54) is 0 Å². The number of nitrogens with one attached hydrogen (secondary N) is 3. The van der Waals surface area contributed by atoms with Crippen LogP contribution in [0.5, 0.6) is 5.75 Å². The fourth-order valence-electron chi connectivity index (χ4n) is 4.98. The molecule has 2 saturated heterocycles. The molecule has 3 N–H and O–H groups in total. The van der Waals surface area contributed by atoms with Crippen molar-refractivity contribution in [2.45, 2.75) is 31.4 Å². The zero-order chi connectivity index (χ0) is 25.6. The first-order valence-corrected chi connectivity index (χ1v) is 12.7. The van der Waals surface area contributed by atoms with Gasteiger partial charge in [-0.05, 0) is 38.0 Å². The topological polar surface area (TPSA) is 121 Å². The first kappa shape index (κ1) is 23.7. The minimum Gasteiger partial charge on any atom is -0.486 e. The van der Waals surface area contributed by atoms with E-state index in [0.29, 0.717) is 33.9 Å². The third-order valence-corrected chi connectivity index (χ3v) is 7.63. The molecule has 1 spiro atoms. The molecule has 4 aromatic rings. The summed E-state index contributed by atoms with van der Waals surface area (Å²) >= 11 is 12.6. The monoisotopic (exact) mass is 538 g/mol. The van der Waals surface area contributed by atoms with Gasteiger partial charge in [-0.15, -0.1) is 0 Å². The molecule has 2 fully saturated rings. The van der Waals surface area contributed by atoms with Crippen LogP contribution >= 0.6 is 23.2 Å². The Bertz CT molecular complexity index is 1450. The van der Waals surface area contributed by atoms with Crippen LogP contribution in [-0.4, -0.2) is 56.4 Å². The summed E-state index contributed by atoms with van der Waals surface area (Å²) in [5.74, 6) is 1.32. The zero-order valence-corrected chi connectivity index (χ0v) is 21.5. The molecule has 0 aliphatic carbocycles. The lowest BCUT2D eigenvalue weighted by molar-refractivity contribution is 0.227. The number of nitrogens with zero attached hydrogens (tertiary/aromatic N) is 5. The average Bonchev–Trinajstić information content (AvgIpc) is 3.47. The molecule has 10 nitrogen and oxygen atoms in total. The number of aromatic amines is 1. The molecule has 1 atom stereocenters. The van der Waals surface area contributed by atoms with Gasteiger partial charge in [-0.2, -0.15) is 5.10 Å². The van der Waals surface area contributed by atoms with Crippen molar-refractivity contribution >= 4 is 46.1 Å². The van der Waals surface area contributed by atoms with Gasteiger partial charge in [0.25, 0.3) is 0 Å². The molecule has 3 aromatic heterocycles. The molecule has 6 rings (SSSR count). The summed E-state index contributed by atoms with van der Waals surface area (Å²) in [6.07, 6.45) is 7.98. The van der Waals surface area contributed by atoms with E-state index in [0.717, 1.165) is 48.1 Å². The van der Waals surface area contributed by atoms with E-state index in [1.807, 2.05) is 25.1 Å². The van der Waals surface area contributed by atoms with Gasteiger partial charge in [-0.1, -0.05) is 23.2 Å². The minimum absolute atomic E-state index is 0.0896. The minimum atomic E-state index is -0.379. The predicted molar refractivity (Wildman–Crippen MR) is 141 cm³/mol. The Morgan fingerprint density at radius 1 is 1.08 bits per heavy atom. The van der Waals surface area contributed by atoms with Crippen molar-refractivity contribution in [2.24, 2.45) is 0 Å². The Kier molecular flexibility index (Phi) is 6.00. The Morgan fingerprint density at radius 3 is 2.49 bits per heavy atom. The number of amides is 2. The summed E-state index contributed by atoms with van der Waals surface area (Å²) in [6.45, 7) is 4.10. The lowest BCUT2D eigenvalue weighted by atomic mass is 9.89. The van der Waals surface area contributed by atoms with Crippen molar-refractivity contribution in [3.8, 4) is 17.0 Å². The molecule has 1 aromatic carbocycles. The molecular formula is C25H24Cl2N8O2. The molecule has 37 heavy (non-hydrogen) atoms. The number of benzene rings is 1. The van der Waals surface area contributed by atoms with E-state index in [2.05, 4.69) is 40.7 Å². The van der Waals surface area contributed by atoms with Gasteiger partial charge in [0.05, 0.1) is 21.1 Å². The number of carbonyl (C=O) groups is 1. The molecular weight excluding hydrogens is 515 g/mol. The Labute approximate surface area is 222 Å². The highest BCUT2D eigenvalue weighted by Gasteiger charge is 2.40. The quantitative estimate of drug-likeness (QED) is 0.341. The van der Waals surface area contributed by atoms with Crippen molar-refractivity contribution in [2.75, 3.05) is 24.5 Å². The van der Waals surface area contributed by atoms with Crippen LogP contribution in [-0.2, 0) is 0 Å². The van der Waals surface area contributed by atoms with E-state index >= 15 is 0 Å². The number of aromatic nitrogens is 5. The maximum Gasteiger partial charge on any atom is 0.315 e. The van der Waals surface area contributed by atoms with Crippen molar-refractivity contribution in [1.82, 2.24) is 35.8 Å². The summed E-state index contributed by atoms with van der Waals surface area (Å²) in [4.78, 5) is 27.0. The zero-order valence-electron chi connectivity index (χ0n) is 20.0. The van der Waals surface area contributed by atoms with Crippen LogP contribution in [0.25, 0.3) is 22.2 Å². The largest absolute Gasteiger partial charge is 0.486 e. The standard InChI is InChI=1S/C25H24Cl2N8O2/c1-14(21-18(26)11-28-12-19(21)27)37-16-2-3-20-17(8-16)22(34-33-20)15-9-29-23(30-10-15)35-6-4-25(5-7-35)13-31-24(36)32-25/h2-3,8-12,14H,4-7,13H2,1H3,(H,33,34)(H2,31,32,36). The molecule has 2 aliphatic heterocycles. The first-order valence-electron chi connectivity index (χ1n) is 12.0. The van der Waals surface area contributed by atoms with Crippen LogP contribution < -0.4 is 20.3 Å². The fraction of sp³-hybridized carbons (Fsp3) is 0.320. The highest BCUT2D eigenvalue weighted by molar-refractivity contribution is 6.35. The highest BCUT2D eigenvalue weighted by atomic mass is 35.5. The van der Waals surface area contributed by atoms with Crippen LogP contribution in [0.4, 0.5) is 10.7 Å². The second kappa shape index (κ2) is 9.35. The summed E-state index contributed by atoms with van der Waals surface area (Å²) in [5, 5.41) is 15.3. The summed E-state index contributed by atoms with van der Waals surface area (Å²) in [5.41, 5.74) is 2.92. The number of hydrogen-bond donors (Lipinski definition) is 3. The molecule has 5 heterocycles. The molecule has 190 valence electrons. The van der Waals surface area contributed by atoms with E-state index in [4.69, 9.17) is 27.9 Å². The Morgan fingerprint density at radius 2 is 1.81 bits per heavy atom. The summed E-state index contributed by atoms with van der Waals surface area (Å²) in [7, 11) is 0. The molecule has 2 amide bonds. The smallest absolute Gasteiger partial charge is 0.315 e. The van der Waals surface area contributed by atoms with Crippen molar-refractivity contribution in [3.05, 3.63) is 58.6 Å². The number of halogens is 2. The van der Waals surface area contributed by atoms with Gasteiger partial charge in [-0.25, -0.2) is 14.8 Å². The number of pyridine rings is 1. The van der Waals surface area contributed by atoms with Crippen LogP contribution in [0.2, 0.25) is 10.0 Å². The van der Waals surface area contributed by atoms with Crippen LogP contribution in [0.1, 0.15) is 31.4 Å². The number of piperidine rings is 1. The number of anilines is 1. The molecule has 0 saturated carbocycles. The number of ether oxygens (including phenoxy) is 1. The number of urea groups is 1. The number of hydrogen-bond acceptors (Lipinski definition) is 7. The predicted octanol–water partition coefficient (Wildman–Crippen LogP) is 4.51. The Balaban J connectivity index is 1.19. The van der Waals surface area contributed by atoms with Gasteiger partial charge in [0.2, 0.25) is 5.95 Å². The molecule has 0 radical (unpaired) electrons. The first-order chi connectivity index (χ1) is 17.9. The second-order valence-electron chi connectivity index (χ2n) is 9.40. The van der Waals surface area contributed by atoms with Crippen LogP contribution in [0, 0.1) is 0 Å². The molecule has 2 aliphatic rings.